The lowest BCUT2D eigenvalue weighted by Gasteiger charge is -1.99. The van der Waals surface area contributed by atoms with E-state index in [2.05, 4.69) is 10.1 Å². The van der Waals surface area contributed by atoms with Crippen LogP contribution in [-0.2, 0) is 13.6 Å². The Bertz CT molecular complexity index is 433. The highest BCUT2D eigenvalue weighted by Gasteiger charge is 2.01. The van der Waals surface area contributed by atoms with E-state index in [-0.39, 0.29) is 0 Å². The Morgan fingerprint density at radius 1 is 1.43 bits per heavy atom. The monoisotopic (exact) mass is 188 g/mol. The van der Waals surface area contributed by atoms with Gasteiger partial charge in [0.1, 0.15) is 0 Å². The van der Waals surface area contributed by atoms with Crippen molar-refractivity contribution < 1.29 is 0 Å². The van der Waals surface area contributed by atoms with Gasteiger partial charge in [0.25, 0.3) is 0 Å². The Morgan fingerprint density at radius 3 is 2.93 bits per heavy atom. The van der Waals surface area contributed by atoms with E-state index in [1.165, 1.54) is 0 Å². The summed E-state index contributed by atoms with van der Waals surface area (Å²) in [5.41, 5.74) is 8.40. The van der Waals surface area contributed by atoms with Crippen molar-refractivity contribution in [2.24, 2.45) is 12.8 Å². The van der Waals surface area contributed by atoms with Crippen LogP contribution in [0.4, 0.5) is 0 Å². The normalized spacial score (nSPS) is 10.4. The lowest BCUT2D eigenvalue weighted by Crippen LogP contribution is -1.99. The van der Waals surface area contributed by atoms with Crippen LogP contribution in [-0.4, -0.2) is 14.8 Å². The summed E-state index contributed by atoms with van der Waals surface area (Å²) < 4.78 is 1.78. The molecule has 2 aromatic heterocycles. The molecule has 2 rings (SSSR count). The second kappa shape index (κ2) is 3.59. The van der Waals surface area contributed by atoms with Crippen molar-refractivity contribution in [1.82, 2.24) is 14.8 Å². The van der Waals surface area contributed by atoms with Gasteiger partial charge >= 0.3 is 0 Å². The largest absolute Gasteiger partial charge is 0.325 e. The minimum atomic E-state index is 0.459. The Labute approximate surface area is 82.4 Å². The van der Waals surface area contributed by atoms with Gasteiger partial charge in [0.2, 0.25) is 0 Å². The highest BCUT2D eigenvalue weighted by molar-refractivity contribution is 5.58. The summed E-state index contributed by atoms with van der Waals surface area (Å²) in [6.45, 7) is 0.459. The van der Waals surface area contributed by atoms with E-state index < -0.39 is 0 Å². The topological polar surface area (TPSA) is 56.7 Å². The van der Waals surface area contributed by atoms with Gasteiger partial charge in [-0.05, 0) is 18.2 Å². The molecule has 0 aromatic carbocycles. The molecule has 4 nitrogen and oxygen atoms in total. The lowest BCUT2D eigenvalue weighted by molar-refractivity contribution is 0.770. The van der Waals surface area contributed by atoms with Crippen LogP contribution in [0.1, 0.15) is 5.69 Å². The van der Waals surface area contributed by atoms with Gasteiger partial charge in [-0.1, -0.05) is 0 Å². The van der Waals surface area contributed by atoms with E-state index in [1.54, 1.807) is 10.9 Å². The number of hydrogen-bond acceptors (Lipinski definition) is 3. The van der Waals surface area contributed by atoms with Crippen LogP contribution in [0.15, 0.2) is 30.6 Å². The highest BCUT2D eigenvalue weighted by Crippen LogP contribution is 2.16. The van der Waals surface area contributed by atoms with Gasteiger partial charge in [-0.3, -0.25) is 9.67 Å². The summed E-state index contributed by atoms with van der Waals surface area (Å²) in [7, 11) is 1.90. The first kappa shape index (κ1) is 8.90. The maximum Gasteiger partial charge on any atom is 0.0924 e. The first-order valence-corrected chi connectivity index (χ1v) is 4.44. The molecule has 0 bridgehead atoms. The average molecular weight is 188 g/mol. The molecular formula is C10H12N4. The van der Waals surface area contributed by atoms with Crippen molar-refractivity contribution in [3.63, 3.8) is 0 Å². The summed E-state index contributed by atoms with van der Waals surface area (Å²) in [6.07, 6.45) is 3.67. The average Bonchev–Trinajstić information content (AvgIpc) is 2.65. The molecule has 0 spiro atoms. The molecule has 14 heavy (non-hydrogen) atoms. The van der Waals surface area contributed by atoms with Crippen LogP contribution in [0, 0.1) is 0 Å². The number of aromatic nitrogens is 3. The fraction of sp³-hybridized carbons (Fsp3) is 0.200. The third-order valence-electron chi connectivity index (χ3n) is 2.04. The molecule has 2 aromatic rings. The number of aryl methyl sites for hydroxylation is 1. The van der Waals surface area contributed by atoms with Gasteiger partial charge in [0, 0.05) is 31.5 Å². The minimum Gasteiger partial charge on any atom is -0.325 e. The molecular weight excluding hydrogens is 176 g/mol. The van der Waals surface area contributed by atoms with Crippen molar-refractivity contribution in [3.05, 3.63) is 36.3 Å². The van der Waals surface area contributed by atoms with Gasteiger partial charge in [-0.15, -0.1) is 0 Å². The van der Waals surface area contributed by atoms with E-state index in [0.29, 0.717) is 6.54 Å². The lowest BCUT2D eigenvalue weighted by atomic mass is 10.2. The molecule has 4 heteroatoms. The Hall–Kier alpha value is -1.68. The molecule has 0 saturated heterocycles. The van der Waals surface area contributed by atoms with Crippen molar-refractivity contribution >= 4 is 0 Å². The molecule has 0 unspecified atom stereocenters. The smallest absolute Gasteiger partial charge is 0.0924 e. The zero-order chi connectivity index (χ0) is 9.97. The fourth-order valence-electron chi connectivity index (χ4n) is 1.32. The standard InChI is InChI=1S/C10H12N4/c1-14-5-3-10(13-14)8-2-4-12-9(6-8)7-11/h2-6H,7,11H2,1H3. The van der Waals surface area contributed by atoms with Gasteiger partial charge in [0.05, 0.1) is 11.4 Å². The first-order valence-electron chi connectivity index (χ1n) is 4.44. The van der Waals surface area contributed by atoms with Crippen LogP contribution >= 0.6 is 0 Å². The Morgan fingerprint density at radius 2 is 2.29 bits per heavy atom. The fourth-order valence-corrected chi connectivity index (χ4v) is 1.32. The molecule has 2 N–H and O–H groups in total. The summed E-state index contributed by atoms with van der Waals surface area (Å²) >= 11 is 0. The van der Waals surface area contributed by atoms with Crippen molar-refractivity contribution in [3.8, 4) is 11.3 Å². The van der Waals surface area contributed by atoms with Gasteiger partial charge in [-0.25, -0.2) is 0 Å². The Balaban J connectivity index is 2.41. The van der Waals surface area contributed by atoms with Gasteiger partial charge in [0.15, 0.2) is 0 Å². The van der Waals surface area contributed by atoms with Crippen molar-refractivity contribution in [1.29, 1.82) is 0 Å². The summed E-state index contributed by atoms with van der Waals surface area (Å²) in [4.78, 5) is 4.13. The first-order chi connectivity index (χ1) is 6.79. The number of hydrogen-bond donors (Lipinski definition) is 1. The number of nitrogens with two attached hydrogens (primary N) is 1. The quantitative estimate of drug-likeness (QED) is 0.763. The summed E-state index contributed by atoms with van der Waals surface area (Å²) in [5.74, 6) is 0. The van der Waals surface area contributed by atoms with E-state index in [4.69, 9.17) is 5.73 Å². The van der Waals surface area contributed by atoms with Crippen LogP contribution < -0.4 is 5.73 Å². The molecule has 0 fully saturated rings. The molecule has 2 heterocycles. The molecule has 0 saturated carbocycles. The maximum atomic E-state index is 5.51. The maximum absolute atomic E-state index is 5.51. The van der Waals surface area contributed by atoms with E-state index in [0.717, 1.165) is 17.0 Å². The van der Waals surface area contributed by atoms with E-state index in [1.807, 2.05) is 31.4 Å². The van der Waals surface area contributed by atoms with E-state index in [9.17, 15) is 0 Å². The molecule has 0 aliphatic heterocycles. The van der Waals surface area contributed by atoms with Crippen molar-refractivity contribution in [2.45, 2.75) is 6.54 Å². The zero-order valence-corrected chi connectivity index (χ0v) is 8.01. The predicted octanol–water partition coefficient (Wildman–Crippen LogP) is 0.941. The zero-order valence-electron chi connectivity index (χ0n) is 8.01. The third-order valence-corrected chi connectivity index (χ3v) is 2.04. The van der Waals surface area contributed by atoms with E-state index >= 15 is 0 Å². The third kappa shape index (κ3) is 1.65. The SMILES string of the molecule is Cn1ccc(-c2ccnc(CN)c2)n1. The molecule has 72 valence electrons. The molecule has 0 amide bonds. The van der Waals surface area contributed by atoms with Crippen LogP contribution in [0.2, 0.25) is 0 Å². The number of nitrogens with zero attached hydrogens (tertiary/aromatic N) is 3. The molecule has 0 atom stereocenters. The van der Waals surface area contributed by atoms with Crippen molar-refractivity contribution in [2.75, 3.05) is 0 Å². The van der Waals surface area contributed by atoms with Crippen LogP contribution in [0.5, 0.6) is 0 Å². The summed E-state index contributed by atoms with van der Waals surface area (Å²) in [6, 6.07) is 5.86. The predicted molar refractivity (Wildman–Crippen MR) is 54.3 cm³/mol. The number of rotatable bonds is 2. The van der Waals surface area contributed by atoms with Crippen LogP contribution in [0.25, 0.3) is 11.3 Å². The highest BCUT2D eigenvalue weighted by atomic mass is 15.2. The summed E-state index contributed by atoms with van der Waals surface area (Å²) in [5, 5.41) is 4.30. The van der Waals surface area contributed by atoms with Gasteiger partial charge in [-0.2, -0.15) is 5.10 Å². The number of pyridine rings is 1. The molecule has 0 radical (unpaired) electrons. The molecule has 0 aliphatic carbocycles. The molecule has 0 aliphatic rings. The van der Waals surface area contributed by atoms with Gasteiger partial charge < -0.3 is 5.73 Å². The Kier molecular flexibility index (Phi) is 2.28. The second-order valence-electron chi connectivity index (χ2n) is 3.11. The second-order valence-corrected chi connectivity index (χ2v) is 3.11. The minimum absolute atomic E-state index is 0.459. The van der Waals surface area contributed by atoms with Crippen LogP contribution in [0.3, 0.4) is 0 Å².